The first-order chi connectivity index (χ1) is 14.0. The van der Waals surface area contributed by atoms with Gasteiger partial charge in [0.2, 0.25) is 0 Å². The third-order valence-electron chi connectivity index (χ3n) is 3.95. The molecule has 0 spiro atoms. The van der Waals surface area contributed by atoms with E-state index in [9.17, 15) is 13.6 Å². The maximum absolute atomic E-state index is 12.3. The van der Waals surface area contributed by atoms with Crippen LogP contribution in [0.5, 0.6) is 5.75 Å². The summed E-state index contributed by atoms with van der Waals surface area (Å²) in [6.45, 7) is -2.74. The number of hydrogen-bond acceptors (Lipinski definition) is 6. The number of nitrogens with one attached hydrogen (secondary N) is 1. The van der Waals surface area contributed by atoms with Crippen molar-refractivity contribution in [2.45, 2.75) is 19.3 Å². The van der Waals surface area contributed by atoms with Crippen molar-refractivity contribution in [1.82, 2.24) is 5.32 Å². The second-order valence-electron chi connectivity index (χ2n) is 5.71. The van der Waals surface area contributed by atoms with Gasteiger partial charge >= 0.3 is 6.61 Å². The van der Waals surface area contributed by atoms with E-state index in [0.717, 1.165) is 5.56 Å². The fraction of sp³-hybridized carbons (Fsp3) is 0.300. The number of methoxy groups -OCH3 is 1. The molecule has 0 aromatic heterocycles. The topological polar surface area (TPSA) is 69.2 Å². The molecule has 29 heavy (non-hydrogen) atoms. The van der Waals surface area contributed by atoms with Gasteiger partial charge in [0.05, 0.1) is 0 Å². The summed E-state index contributed by atoms with van der Waals surface area (Å²) in [7, 11) is 3.00. The Morgan fingerprint density at radius 3 is 2.45 bits per heavy atom. The second-order valence-corrected chi connectivity index (χ2v) is 6.50. The number of ether oxygens (including phenoxy) is 2. The van der Waals surface area contributed by atoms with Gasteiger partial charge in [-0.25, -0.2) is 0 Å². The summed E-state index contributed by atoms with van der Waals surface area (Å²) in [5, 5.41) is 7.28. The van der Waals surface area contributed by atoms with Crippen molar-refractivity contribution in [3.05, 3.63) is 65.2 Å². The quantitative estimate of drug-likeness (QED) is 0.375. The Bertz CT molecular complexity index is 831. The minimum Gasteiger partial charge on any atom is -0.435 e. The predicted molar refractivity (Wildman–Crippen MR) is 108 cm³/mol. The Kier molecular flexibility index (Phi) is 8.88. The molecule has 1 amide bonds. The van der Waals surface area contributed by atoms with E-state index in [-0.39, 0.29) is 18.3 Å². The zero-order valence-electron chi connectivity index (χ0n) is 16.2. The molecule has 0 aliphatic rings. The number of alkyl halides is 2. The Labute approximate surface area is 172 Å². The number of likely N-dealkylation sites (N-methyl/N-ethyl adjacent to an activating group) is 1. The maximum Gasteiger partial charge on any atom is 0.387 e. The molecule has 1 unspecified atom stereocenters. The molecule has 1 N–H and O–H groups in total. The van der Waals surface area contributed by atoms with Gasteiger partial charge in [-0.3, -0.25) is 4.79 Å². The molecular weight excluding hydrogens is 402 g/mol. The van der Waals surface area contributed by atoms with Crippen LogP contribution in [-0.2, 0) is 21.0 Å². The van der Waals surface area contributed by atoms with Crippen molar-refractivity contribution in [3.63, 3.8) is 0 Å². The third-order valence-corrected chi connectivity index (χ3v) is 4.64. The molecule has 0 aliphatic heterocycles. The molecule has 0 bridgehead atoms. The number of nitrogens with zero attached hydrogens (tertiary/aromatic N) is 1. The van der Waals surface area contributed by atoms with Crippen LogP contribution in [0.2, 0.25) is 0 Å². The molecule has 0 aliphatic carbocycles. The van der Waals surface area contributed by atoms with Gasteiger partial charge in [0.25, 0.3) is 5.91 Å². The van der Waals surface area contributed by atoms with Crippen LogP contribution in [0.1, 0.15) is 22.8 Å². The molecule has 9 heteroatoms. The number of halogens is 2. The molecule has 1 atom stereocenters. The fourth-order valence-electron chi connectivity index (χ4n) is 2.57. The average Bonchev–Trinajstić information content (AvgIpc) is 2.73. The zero-order valence-corrected chi connectivity index (χ0v) is 17.0. The Balaban J connectivity index is 2.12. The van der Waals surface area contributed by atoms with Crippen LogP contribution in [-0.4, -0.2) is 38.0 Å². The lowest BCUT2D eigenvalue weighted by atomic mass is 10.0. The van der Waals surface area contributed by atoms with Crippen molar-refractivity contribution in [1.29, 1.82) is 0 Å². The maximum atomic E-state index is 12.3. The number of rotatable bonds is 9. The van der Waals surface area contributed by atoms with E-state index < -0.39 is 12.7 Å². The average molecular weight is 424 g/mol. The van der Waals surface area contributed by atoms with Crippen molar-refractivity contribution in [2.24, 2.45) is 5.16 Å². The molecule has 6 nitrogen and oxygen atoms in total. The second kappa shape index (κ2) is 11.4. The largest absolute Gasteiger partial charge is 0.435 e. The van der Waals surface area contributed by atoms with Crippen molar-refractivity contribution in [3.8, 4) is 5.75 Å². The van der Waals surface area contributed by atoms with Crippen molar-refractivity contribution >= 4 is 22.7 Å². The summed E-state index contributed by atoms with van der Waals surface area (Å²) in [6, 6.07) is 13.4. The lowest BCUT2D eigenvalue weighted by molar-refractivity contribution is -0.130. The summed E-state index contributed by atoms with van der Waals surface area (Å²) >= 11 is 1.35. The molecule has 0 saturated carbocycles. The lowest BCUT2D eigenvalue weighted by Crippen LogP contribution is -2.27. The van der Waals surface area contributed by atoms with Gasteiger partial charge in [0, 0.05) is 19.7 Å². The zero-order chi connectivity index (χ0) is 21.2. The van der Waals surface area contributed by atoms with Crippen LogP contribution >= 0.6 is 11.8 Å². The van der Waals surface area contributed by atoms with Crippen LogP contribution < -0.4 is 10.1 Å². The summed E-state index contributed by atoms with van der Waals surface area (Å²) in [5.74, 6) is -0.196. The van der Waals surface area contributed by atoms with E-state index in [4.69, 9.17) is 9.57 Å². The van der Waals surface area contributed by atoms with Gasteiger partial charge < -0.3 is 19.6 Å². The highest BCUT2D eigenvalue weighted by molar-refractivity contribution is 8.13. The van der Waals surface area contributed by atoms with E-state index in [2.05, 4.69) is 15.2 Å². The number of carbonyl (C=O) groups is 1. The molecule has 2 aromatic rings. The van der Waals surface area contributed by atoms with Gasteiger partial charge in [-0.05, 0) is 41.6 Å². The Morgan fingerprint density at radius 1 is 1.17 bits per heavy atom. The molecule has 2 aromatic carbocycles. The lowest BCUT2D eigenvalue weighted by Gasteiger charge is -2.17. The molecular formula is C20H22F2N2O4S. The minimum atomic E-state index is -2.87. The summed E-state index contributed by atoms with van der Waals surface area (Å²) in [6.07, 6.45) is 1.07. The van der Waals surface area contributed by atoms with Gasteiger partial charge in [0.1, 0.15) is 17.4 Å². The fourth-order valence-corrected chi connectivity index (χ4v) is 3.07. The molecule has 156 valence electrons. The van der Waals surface area contributed by atoms with Crippen LogP contribution in [0.25, 0.3) is 0 Å². The van der Waals surface area contributed by atoms with Gasteiger partial charge in [0.15, 0.2) is 6.10 Å². The molecule has 0 heterocycles. The summed E-state index contributed by atoms with van der Waals surface area (Å²) < 4.78 is 34.2. The standard InChI is InChI=1S/C20H22F2N2O4S/c1-23-18(25)17(26-2)16-7-5-4-6-14(16)12-27-24-19(29-3)13-8-10-15(11-9-13)28-20(21)22/h4-11,17,20H,12H2,1-3H3,(H,23,25)/b24-19+. The molecule has 2 rings (SSSR count). The monoisotopic (exact) mass is 424 g/mol. The van der Waals surface area contributed by atoms with Crippen LogP contribution in [0.3, 0.4) is 0 Å². The van der Waals surface area contributed by atoms with E-state index in [1.54, 1.807) is 25.2 Å². The number of benzene rings is 2. The molecule has 0 fully saturated rings. The van der Waals surface area contributed by atoms with Gasteiger partial charge in [-0.2, -0.15) is 8.78 Å². The highest BCUT2D eigenvalue weighted by Crippen LogP contribution is 2.23. The first kappa shape index (κ1) is 22.6. The first-order valence-electron chi connectivity index (χ1n) is 8.61. The number of thioether (sulfide) groups is 1. The van der Waals surface area contributed by atoms with Crippen LogP contribution in [0, 0.1) is 0 Å². The van der Waals surface area contributed by atoms with Crippen LogP contribution in [0.4, 0.5) is 8.78 Å². The Morgan fingerprint density at radius 2 is 1.86 bits per heavy atom. The molecule has 0 saturated heterocycles. The van der Waals surface area contributed by atoms with E-state index in [0.29, 0.717) is 16.2 Å². The normalized spacial score (nSPS) is 12.6. The van der Waals surface area contributed by atoms with Crippen LogP contribution in [0.15, 0.2) is 53.7 Å². The first-order valence-corrected chi connectivity index (χ1v) is 9.84. The van der Waals surface area contributed by atoms with E-state index >= 15 is 0 Å². The van der Waals surface area contributed by atoms with Gasteiger partial charge in [-0.1, -0.05) is 29.4 Å². The highest BCUT2D eigenvalue weighted by Gasteiger charge is 2.21. The number of carbonyl (C=O) groups excluding carboxylic acids is 1. The van der Waals surface area contributed by atoms with E-state index in [1.807, 2.05) is 24.5 Å². The smallest absolute Gasteiger partial charge is 0.387 e. The number of amides is 1. The summed E-state index contributed by atoms with van der Waals surface area (Å²) in [4.78, 5) is 17.5. The SMILES string of the molecule is CNC(=O)C(OC)c1ccccc1CO/N=C(/SC)c1ccc(OC(F)F)cc1. The van der Waals surface area contributed by atoms with Crippen molar-refractivity contribution < 1.29 is 27.9 Å². The van der Waals surface area contributed by atoms with Gasteiger partial charge in [-0.15, -0.1) is 11.8 Å². The van der Waals surface area contributed by atoms with E-state index in [1.165, 1.54) is 31.0 Å². The minimum absolute atomic E-state index is 0.0684. The summed E-state index contributed by atoms with van der Waals surface area (Å²) in [5.41, 5.74) is 2.14. The van der Waals surface area contributed by atoms with Crippen molar-refractivity contribution in [2.75, 3.05) is 20.4 Å². The highest BCUT2D eigenvalue weighted by atomic mass is 32.2. The number of hydrogen-bond donors (Lipinski definition) is 1. The molecule has 0 radical (unpaired) electrons. The Hall–Kier alpha value is -2.65. The number of oxime groups is 1. The third kappa shape index (κ3) is 6.43. The predicted octanol–water partition coefficient (Wildman–Crippen LogP) is 3.96.